The maximum atomic E-state index is 12.0. The number of phosphoric acid groups is 1. The number of aliphatic hydroxyl groups is 3. The summed E-state index contributed by atoms with van der Waals surface area (Å²) < 4.78 is 32.3. The molecule has 142 valence electrons. The van der Waals surface area contributed by atoms with Gasteiger partial charge in [0.2, 0.25) is 0 Å². The predicted octanol–water partition coefficient (Wildman–Crippen LogP) is -1.65. The molecule has 1 saturated heterocycles. The lowest BCUT2D eigenvalue weighted by Crippen LogP contribution is -2.36. The zero-order valence-corrected chi connectivity index (χ0v) is 14.4. The zero-order valence-electron chi connectivity index (χ0n) is 13.5. The first kappa shape index (κ1) is 19.9. The fraction of sp³-hybridized carbons (Fsp3) is 0.667. The Bertz CT molecular complexity index is 704. The predicted molar refractivity (Wildman–Crippen MR) is 82.3 cm³/mol. The molecule has 5 N–H and O–H groups in total. The summed E-state index contributed by atoms with van der Waals surface area (Å²) in [6, 6.07) is 0. The third-order valence-corrected chi connectivity index (χ3v) is 5.02. The van der Waals surface area contributed by atoms with Gasteiger partial charge in [-0.05, 0) is 0 Å². The molecule has 2 rings (SSSR count). The van der Waals surface area contributed by atoms with Crippen molar-refractivity contribution >= 4 is 13.6 Å². The molecule has 1 aromatic heterocycles. The first-order chi connectivity index (χ1) is 11.8. The standard InChI is InChI=1S/C12H20N3O9P/c1-21-25(20,22-2)23-5-6-3-15(12(19)14-10(6)13)11-9(18)8(17)7(4-16)24-11/h3,7-9,11,16-18H,4-5H2,1-2H3,(H2,13,14,19)/t7-,8-,9-,11?/m1/s1. The van der Waals surface area contributed by atoms with E-state index in [-0.39, 0.29) is 18.0 Å². The molecule has 2 heterocycles. The lowest BCUT2D eigenvalue weighted by molar-refractivity contribution is -0.0551. The molecule has 0 spiro atoms. The monoisotopic (exact) mass is 381 g/mol. The SMILES string of the molecule is COP(=O)(OC)OCc1cn(C2O[C@H](CO)[C@@H](O)[C@H]2O)c(=O)nc1N. The minimum absolute atomic E-state index is 0.145. The summed E-state index contributed by atoms with van der Waals surface area (Å²) >= 11 is 0. The molecule has 0 radical (unpaired) electrons. The first-order valence-electron chi connectivity index (χ1n) is 7.12. The highest BCUT2D eigenvalue weighted by molar-refractivity contribution is 7.48. The molecular formula is C12H20N3O9P. The van der Waals surface area contributed by atoms with Gasteiger partial charge in [-0.3, -0.25) is 18.1 Å². The lowest BCUT2D eigenvalue weighted by atomic mass is 10.1. The van der Waals surface area contributed by atoms with Crippen molar-refractivity contribution in [2.75, 3.05) is 26.6 Å². The number of aliphatic hydroxyl groups excluding tert-OH is 3. The van der Waals surface area contributed by atoms with Crippen LogP contribution in [0.1, 0.15) is 11.8 Å². The van der Waals surface area contributed by atoms with Gasteiger partial charge in [0, 0.05) is 26.0 Å². The molecule has 4 atom stereocenters. The van der Waals surface area contributed by atoms with Crippen molar-refractivity contribution in [2.24, 2.45) is 0 Å². The molecule has 1 aliphatic rings. The summed E-state index contributed by atoms with van der Waals surface area (Å²) in [5.41, 5.74) is 4.94. The van der Waals surface area contributed by atoms with Crippen LogP contribution in [0.5, 0.6) is 0 Å². The van der Waals surface area contributed by atoms with E-state index in [1.807, 2.05) is 0 Å². The second-order valence-corrected chi connectivity index (χ2v) is 7.04. The van der Waals surface area contributed by atoms with Crippen molar-refractivity contribution < 1.29 is 38.2 Å². The average molecular weight is 381 g/mol. The molecule has 13 heteroatoms. The summed E-state index contributed by atoms with van der Waals surface area (Å²) in [5, 5.41) is 28.9. The second kappa shape index (κ2) is 7.89. The van der Waals surface area contributed by atoms with Crippen LogP contribution in [0.4, 0.5) is 5.82 Å². The molecule has 1 aromatic rings. The van der Waals surface area contributed by atoms with Crippen molar-refractivity contribution in [3.63, 3.8) is 0 Å². The van der Waals surface area contributed by atoms with Gasteiger partial charge in [0.1, 0.15) is 24.1 Å². The number of nitrogen functional groups attached to an aromatic ring is 1. The largest absolute Gasteiger partial charge is 0.474 e. The molecule has 0 aliphatic carbocycles. The number of nitrogens with zero attached hydrogens (tertiary/aromatic N) is 2. The van der Waals surface area contributed by atoms with Gasteiger partial charge in [0.15, 0.2) is 6.23 Å². The third-order valence-electron chi connectivity index (χ3n) is 3.68. The topological polar surface area (TPSA) is 176 Å². The molecule has 12 nitrogen and oxygen atoms in total. The van der Waals surface area contributed by atoms with Crippen LogP contribution in [-0.2, 0) is 29.5 Å². The number of phosphoric ester groups is 1. The van der Waals surface area contributed by atoms with E-state index < -0.39 is 44.7 Å². The molecular weight excluding hydrogens is 361 g/mol. The van der Waals surface area contributed by atoms with Crippen LogP contribution in [0.15, 0.2) is 11.0 Å². The van der Waals surface area contributed by atoms with Gasteiger partial charge >= 0.3 is 13.5 Å². The van der Waals surface area contributed by atoms with E-state index in [0.29, 0.717) is 0 Å². The number of hydrogen-bond acceptors (Lipinski definition) is 11. The Morgan fingerprint density at radius 2 is 2.00 bits per heavy atom. The molecule has 1 unspecified atom stereocenters. The van der Waals surface area contributed by atoms with Gasteiger partial charge in [-0.1, -0.05) is 0 Å². The van der Waals surface area contributed by atoms with Crippen LogP contribution >= 0.6 is 7.82 Å². The first-order valence-corrected chi connectivity index (χ1v) is 8.58. The van der Waals surface area contributed by atoms with Crippen LogP contribution in [0.3, 0.4) is 0 Å². The number of aromatic nitrogens is 2. The quantitative estimate of drug-likeness (QED) is 0.398. The average Bonchev–Trinajstić information content (AvgIpc) is 2.89. The number of nitrogens with two attached hydrogens (primary N) is 1. The van der Waals surface area contributed by atoms with E-state index >= 15 is 0 Å². The Balaban J connectivity index is 2.29. The highest BCUT2D eigenvalue weighted by Gasteiger charge is 2.44. The highest BCUT2D eigenvalue weighted by atomic mass is 31.2. The van der Waals surface area contributed by atoms with Crippen LogP contribution in [0.25, 0.3) is 0 Å². The van der Waals surface area contributed by atoms with E-state index in [0.717, 1.165) is 18.8 Å². The van der Waals surface area contributed by atoms with Gasteiger partial charge in [-0.25, -0.2) is 9.36 Å². The highest BCUT2D eigenvalue weighted by Crippen LogP contribution is 2.48. The molecule has 0 aromatic carbocycles. The molecule has 0 amide bonds. The fourth-order valence-corrected chi connectivity index (χ4v) is 2.91. The third kappa shape index (κ3) is 4.07. The lowest BCUT2D eigenvalue weighted by Gasteiger charge is -2.19. The van der Waals surface area contributed by atoms with Crippen molar-refractivity contribution in [3.8, 4) is 0 Å². The van der Waals surface area contributed by atoms with E-state index in [4.69, 9.17) is 20.1 Å². The summed E-state index contributed by atoms with van der Waals surface area (Å²) in [6.45, 7) is -0.917. The minimum atomic E-state index is -3.78. The Morgan fingerprint density at radius 3 is 2.52 bits per heavy atom. The van der Waals surface area contributed by atoms with Gasteiger partial charge in [0.25, 0.3) is 0 Å². The number of ether oxygens (including phenoxy) is 1. The van der Waals surface area contributed by atoms with E-state index in [2.05, 4.69) is 14.0 Å². The molecule has 0 bridgehead atoms. The maximum absolute atomic E-state index is 12.0. The normalized spacial score (nSPS) is 26.9. The molecule has 25 heavy (non-hydrogen) atoms. The van der Waals surface area contributed by atoms with Gasteiger partial charge in [0.05, 0.1) is 13.2 Å². The number of rotatable bonds is 7. The van der Waals surface area contributed by atoms with Crippen LogP contribution in [-0.4, -0.2) is 64.0 Å². The van der Waals surface area contributed by atoms with Crippen molar-refractivity contribution in [1.29, 1.82) is 0 Å². The Hall–Kier alpha value is -1.37. The van der Waals surface area contributed by atoms with Gasteiger partial charge in [-0.2, -0.15) is 4.98 Å². The maximum Gasteiger partial charge on any atom is 0.474 e. The Morgan fingerprint density at radius 1 is 1.36 bits per heavy atom. The number of anilines is 1. The van der Waals surface area contributed by atoms with Crippen LogP contribution < -0.4 is 11.4 Å². The zero-order chi connectivity index (χ0) is 18.8. The minimum Gasteiger partial charge on any atom is -0.394 e. The summed E-state index contributed by atoms with van der Waals surface area (Å²) in [4.78, 5) is 15.6. The van der Waals surface area contributed by atoms with Gasteiger partial charge in [-0.15, -0.1) is 0 Å². The molecule has 1 aliphatic heterocycles. The van der Waals surface area contributed by atoms with Crippen molar-refractivity contribution in [2.45, 2.75) is 31.1 Å². The van der Waals surface area contributed by atoms with E-state index in [9.17, 15) is 19.6 Å². The van der Waals surface area contributed by atoms with Crippen molar-refractivity contribution in [3.05, 3.63) is 22.2 Å². The summed E-state index contributed by atoms with van der Waals surface area (Å²) in [6.07, 6.45) is -4.03. The summed E-state index contributed by atoms with van der Waals surface area (Å²) in [7, 11) is -1.52. The second-order valence-electron chi connectivity index (χ2n) is 5.16. The Kier molecular flexibility index (Phi) is 6.30. The van der Waals surface area contributed by atoms with Crippen molar-refractivity contribution in [1.82, 2.24) is 9.55 Å². The summed E-state index contributed by atoms with van der Waals surface area (Å²) in [5.74, 6) is -0.188. The fourth-order valence-electron chi connectivity index (χ4n) is 2.25. The molecule has 0 saturated carbocycles. The smallest absolute Gasteiger partial charge is 0.394 e. The Labute approximate surface area is 142 Å². The number of hydrogen-bond donors (Lipinski definition) is 4. The van der Waals surface area contributed by atoms with Crippen LogP contribution in [0.2, 0.25) is 0 Å². The van der Waals surface area contributed by atoms with Gasteiger partial charge < -0.3 is 25.8 Å². The van der Waals surface area contributed by atoms with E-state index in [1.165, 1.54) is 6.20 Å². The molecule has 1 fully saturated rings. The van der Waals surface area contributed by atoms with E-state index in [1.54, 1.807) is 0 Å². The van der Waals surface area contributed by atoms with Crippen LogP contribution in [0, 0.1) is 0 Å².